The minimum Gasteiger partial charge on any atom is -0.326 e. The third-order valence-electron chi connectivity index (χ3n) is 5.96. The van der Waals surface area contributed by atoms with Crippen molar-refractivity contribution >= 4 is 33.1 Å². The summed E-state index contributed by atoms with van der Waals surface area (Å²) in [7, 11) is 0. The Hall–Kier alpha value is -4.23. The lowest BCUT2D eigenvalue weighted by Gasteiger charge is -2.14. The van der Waals surface area contributed by atoms with Gasteiger partial charge in [-0.25, -0.2) is 9.36 Å². The van der Waals surface area contributed by atoms with E-state index in [-0.39, 0.29) is 17.9 Å². The Kier molecular flexibility index (Phi) is 6.16. The van der Waals surface area contributed by atoms with Crippen molar-refractivity contribution in [1.82, 2.24) is 9.13 Å². The van der Waals surface area contributed by atoms with Crippen LogP contribution in [-0.2, 0) is 17.8 Å². The molecular weight excluding hydrogens is 458 g/mol. The van der Waals surface area contributed by atoms with Crippen molar-refractivity contribution in [3.8, 4) is 5.69 Å². The number of hydrogen-bond acceptors (Lipinski definition) is 4. The van der Waals surface area contributed by atoms with E-state index in [1.807, 2.05) is 73.0 Å². The van der Waals surface area contributed by atoms with Gasteiger partial charge in [-0.1, -0.05) is 54.6 Å². The highest BCUT2D eigenvalue weighted by atomic mass is 32.1. The first kappa shape index (κ1) is 22.6. The fourth-order valence-corrected chi connectivity index (χ4v) is 4.92. The summed E-state index contributed by atoms with van der Waals surface area (Å²) in [4.78, 5) is 39.2. The van der Waals surface area contributed by atoms with Gasteiger partial charge in [0.1, 0.15) is 4.70 Å². The largest absolute Gasteiger partial charge is 0.336 e. The Morgan fingerprint density at radius 3 is 2.34 bits per heavy atom. The number of amides is 1. The maximum absolute atomic E-state index is 13.6. The second-order valence-corrected chi connectivity index (χ2v) is 9.24. The van der Waals surface area contributed by atoms with Crippen LogP contribution in [0.25, 0.3) is 15.9 Å². The monoisotopic (exact) mass is 481 g/mol. The number of rotatable bonds is 6. The summed E-state index contributed by atoms with van der Waals surface area (Å²) >= 11 is 1.33. The van der Waals surface area contributed by atoms with Gasteiger partial charge in [-0.3, -0.25) is 14.2 Å². The van der Waals surface area contributed by atoms with Gasteiger partial charge in [0.05, 0.1) is 24.2 Å². The molecule has 0 saturated heterocycles. The zero-order chi connectivity index (χ0) is 24.4. The summed E-state index contributed by atoms with van der Waals surface area (Å²) in [5, 5.41) is 4.69. The highest BCUT2D eigenvalue weighted by Gasteiger charge is 2.16. The lowest BCUT2D eigenvalue weighted by molar-refractivity contribution is -0.115. The number of nitrogens with one attached hydrogen (secondary N) is 1. The molecule has 0 fully saturated rings. The smallest absolute Gasteiger partial charge is 0.326 e. The Balaban J connectivity index is 1.48. The number of carbonyl (C=O) groups excluding carboxylic acids is 1. The summed E-state index contributed by atoms with van der Waals surface area (Å²) in [6, 6.07) is 26.0. The van der Waals surface area contributed by atoms with Crippen LogP contribution in [0.2, 0.25) is 0 Å². The molecule has 174 valence electrons. The Bertz CT molecular complexity index is 1630. The van der Waals surface area contributed by atoms with Gasteiger partial charge in [0.15, 0.2) is 0 Å². The third-order valence-corrected chi connectivity index (χ3v) is 6.85. The molecule has 1 N–H and O–H groups in total. The molecule has 0 saturated carbocycles. The van der Waals surface area contributed by atoms with Crippen LogP contribution in [0, 0.1) is 6.92 Å². The highest BCUT2D eigenvalue weighted by Crippen LogP contribution is 2.19. The van der Waals surface area contributed by atoms with Crippen LogP contribution in [0.5, 0.6) is 0 Å². The number of aromatic nitrogens is 2. The molecule has 0 bridgehead atoms. The number of benzene rings is 3. The van der Waals surface area contributed by atoms with E-state index in [2.05, 4.69) is 5.32 Å². The molecule has 2 heterocycles. The van der Waals surface area contributed by atoms with Gasteiger partial charge < -0.3 is 5.32 Å². The number of thiophene rings is 1. The van der Waals surface area contributed by atoms with Gasteiger partial charge in [0.2, 0.25) is 5.91 Å². The van der Waals surface area contributed by atoms with Crippen LogP contribution in [0.3, 0.4) is 0 Å². The lowest BCUT2D eigenvalue weighted by Crippen LogP contribution is -2.38. The van der Waals surface area contributed by atoms with Gasteiger partial charge in [-0.15, -0.1) is 11.3 Å². The van der Waals surface area contributed by atoms with E-state index in [0.29, 0.717) is 22.4 Å². The predicted molar refractivity (Wildman–Crippen MR) is 141 cm³/mol. The molecule has 35 heavy (non-hydrogen) atoms. The van der Waals surface area contributed by atoms with Crippen LogP contribution >= 0.6 is 11.3 Å². The quantitative estimate of drug-likeness (QED) is 0.380. The molecule has 3 aromatic carbocycles. The molecule has 7 heteroatoms. The zero-order valence-electron chi connectivity index (χ0n) is 19.1. The molecule has 0 spiro atoms. The molecule has 2 aromatic heterocycles. The van der Waals surface area contributed by atoms with Crippen LogP contribution in [0.15, 0.2) is 99.9 Å². The number of anilines is 1. The standard InChI is InChI=1S/C28H23N3O3S/c1-19-7-5-6-8-21(19)18-30-24-15-16-35-26(24)27(33)31(28(30)34)23-13-11-20(12-14-23)17-25(32)29-22-9-3-2-4-10-22/h2-16H,17-18H2,1H3,(H,29,32). The van der Waals surface area contributed by atoms with Crippen LogP contribution in [-0.4, -0.2) is 15.0 Å². The molecule has 0 unspecified atom stereocenters. The van der Waals surface area contributed by atoms with Crippen molar-refractivity contribution in [2.75, 3.05) is 5.32 Å². The maximum Gasteiger partial charge on any atom is 0.336 e. The molecule has 5 rings (SSSR count). The highest BCUT2D eigenvalue weighted by molar-refractivity contribution is 7.17. The van der Waals surface area contributed by atoms with E-state index in [1.54, 1.807) is 28.8 Å². The van der Waals surface area contributed by atoms with Crippen LogP contribution in [0.4, 0.5) is 5.69 Å². The van der Waals surface area contributed by atoms with Crippen molar-refractivity contribution < 1.29 is 4.79 Å². The molecule has 0 aliphatic carbocycles. The first-order chi connectivity index (χ1) is 17.0. The summed E-state index contributed by atoms with van der Waals surface area (Å²) in [5.74, 6) is -0.137. The van der Waals surface area contributed by atoms with Gasteiger partial charge in [-0.2, -0.15) is 0 Å². The van der Waals surface area contributed by atoms with E-state index in [4.69, 9.17) is 0 Å². The number of nitrogens with zero attached hydrogens (tertiary/aromatic N) is 2. The Morgan fingerprint density at radius 2 is 1.60 bits per heavy atom. The molecule has 6 nitrogen and oxygen atoms in total. The van der Waals surface area contributed by atoms with E-state index in [9.17, 15) is 14.4 Å². The van der Waals surface area contributed by atoms with Crippen molar-refractivity contribution in [3.05, 3.63) is 128 Å². The molecule has 0 radical (unpaired) electrons. The Morgan fingerprint density at radius 1 is 0.886 bits per heavy atom. The fourth-order valence-electron chi connectivity index (χ4n) is 4.10. The predicted octanol–water partition coefficient (Wildman–Crippen LogP) is 4.75. The molecule has 0 aliphatic rings. The normalized spacial score (nSPS) is 11.0. The molecule has 0 aliphatic heterocycles. The van der Waals surface area contributed by atoms with Crippen molar-refractivity contribution in [2.45, 2.75) is 19.9 Å². The van der Waals surface area contributed by atoms with Gasteiger partial charge in [0, 0.05) is 5.69 Å². The molecule has 1 amide bonds. The van der Waals surface area contributed by atoms with E-state index < -0.39 is 5.69 Å². The first-order valence-electron chi connectivity index (χ1n) is 11.2. The topological polar surface area (TPSA) is 73.1 Å². The lowest BCUT2D eigenvalue weighted by atomic mass is 10.1. The number of hydrogen-bond donors (Lipinski definition) is 1. The second-order valence-electron chi connectivity index (χ2n) is 8.33. The number of carbonyl (C=O) groups is 1. The fraction of sp³-hybridized carbons (Fsp3) is 0.107. The van der Waals surface area contributed by atoms with Crippen LogP contribution < -0.4 is 16.6 Å². The molecular formula is C28H23N3O3S. The SMILES string of the molecule is Cc1ccccc1Cn1c(=O)n(-c2ccc(CC(=O)Nc3ccccc3)cc2)c(=O)c2sccc21. The van der Waals surface area contributed by atoms with Gasteiger partial charge in [0.25, 0.3) is 5.56 Å². The van der Waals surface area contributed by atoms with E-state index in [1.165, 1.54) is 15.9 Å². The summed E-state index contributed by atoms with van der Waals surface area (Å²) in [5.41, 5.74) is 4.01. The number of para-hydroxylation sites is 1. The summed E-state index contributed by atoms with van der Waals surface area (Å²) < 4.78 is 3.39. The first-order valence-corrected chi connectivity index (χ1v) is 12.1. The summed E-state index contributed by atoms with van der Waals surface area (Å²) in [6.07, 6.45) is 0.186. The Labute approximate surface area is 205 Å². The third kappa shape index (κ3) is 4.58. The van der Waals surface area contributed by atoms with Crippen LogP contribution in [0.1, 0.15) is 16.7 Å². The minimum atomic E-state index is -0.390. The van der Waals surface area contributed by atoms with Crippen molar-refractivity contribution in [3.63, 3.8) is 0 Å². The van der Waals surface area contributed by atoms with Crippen molar-refractivity contribution in [2.24, 2.45) is 0 Å². The zero-order valence-corrected chi connectivity index (χ0v) is 19.9. The number of fused-ring (bicyclic) bond motifs is 1. The maximum atomic E-state index is 13.6. The van der Waals surface area contributed by atoms with E-state index in [0.717, 1.165) is 22.4 Å². The van der Waals surface area contributed by atoms with Crippen molar-refractivity contribution in [1.29, 1.82) is 0 Å². The van der Waals surface area contributed by atoms with Gasteiger partial charge >= 0.3 is 5.69 Å². The molecule has 0 atom stereocenters. The van der Waals surface area contributed by atoms with Gasteiger partial charge in [-0.05, 0) is 59.3 Å². The van der Waals surface area contributed by atoms with E-state index >= 15 is 0 Å². The molecule has 5 aromatic rings. The summed E-state index contributed by atoms with van der Waals surface area (Å²) in [6.45, 7) is 2.38. The average molecular weight is 482 g/mol. The number of aryl methyl sites for hydroxylation is 1. The minimum absolute atomic E-state index is 0.137. The average Bonchev–Trinajstić information content (AvgIpc) is 3.35. The second kappa shape index (κ2) is 9.56.